The average Bonchev–Trinajstić information content (AvgIpc) is 2.98. The third-order valence-electron chi connectivity index (χ3n) is 2.73. The molecule has 0 unspecified atom stereocenters. The Labute approximate surface area is 129 Å². The quantitative estimate of drug-likeness (QED) is 0.571. The Hall–Kier alpha value is -2.45. The lowest BCUT2D eigenvalue weighted by Crippen LogP contribution is -2.25. The van der Waals surface area contributed by atoms with E-state index >= 15 is 0 Å². The molecular weight excluding hydrogens is 317 g/mol. The molecule has 7 nitrogen and oxygen atoms in total. The Bertz CT molecular complexity index is 704. The van der Waals surface area contributed by atoms with Gasteiger partial charge in [0.25, 0.3) is 11.8 Å². The number of hydrogen-bond acceptors (Lipinski definition) is 5. The minimum atomic E-state index is -0.792. The Morgan fingerprint density at radius 3 is 2.77 bits per heavy atom. The Balaban J connectivity index is 1.87. The highest BCUT2D eigenvalue weighted by atomic mass is 35.5. The van der Waals surface area contributed by atoms with E-state index in [9.17, 15) is 14.0 Å². The van der Waals surface area contributed by atoms with Crippen molar-refractivity contribution in [2.24, 2.45) is 0 Å². The number of carbonyl (C=O) groups excluding carboxylic acids is 2. The highest BCUT2D eigenvalue weighted by Crippen LogP contribution is 2.15. The van der Waals surface area contributed by atoms with E-state index in [0.29, 0.717) is 5.76 Å². The molecule has 0 aliphatic heterocycles. The predicted molar refractivity (Wildman–Crippen MR) is 73.2 cm³/mol. The van der Waals surface area contributed by atoms with E-state index in [1.165, 1.54) is 23.7 Å². The van der Waals surface area contributed by atoms with Gasteiger partial charge >= 0.3 is 0 Å². The van der Waals surface area contributed by atoms with Crippen LogP contribution in [0.25, 0.3) is 0 Å². The first kappa shape index (κ1) is 15.9. The van der Waals surface area contributed by atoms with Crippen LogP contribution in [0.5, 0.6) is 0 Å². The number of benzene rings is 1. The maximum Gasteiger partial charge on any atom is 0.296 e. The van der Waals surface area contributed by atoms with Gasteiger partial charge in [-0.15, -0.1) is 0 Å². The van der Waals surface area contributed by atoms with Crippen LogP contribution in [0.3, 0.4) is 0 Å². The van der Waals surface area contributed by atoms with Gasteiger partial charge in [0.2, 0.25) is 0 Å². The average molecular weight is 328 g/mol. The topological polar surface area (TPSA) is 104 Å². The predicted octanol–water partition coefficient (Wildman–Crippen LogP) is 1.56. The van der Waals surface area contributed by atoms with Gasteiger partial charge in [0.1, 0.15) is 11.6 Å². The molecule has 0 saturated carbocycles. The van der Waals surface area contributed by atoms with Crippen molar-refractivity contribution in [1.29, 1.82) is 0 Å². The highest BCUT2D eigenvalue weighted by molar-refractivity contribution is 6.31. The molecule has 9 heteroatoms. The summed E-state index contributed by atoms with van der Waals surface area (Å²) in [6.07, 6.45) is 0.284. The second-order valence-corrected chi connectivity index (χ2v) is 4.66. The molecule has 0 aliphatic carbocycles. The second-order valence-electron chi connectivity index (χ2n) is 4.25. The van der Waals surface area contributed by atoms with Gasteiger partial charge in [0.15, 0.2) is 5.69 Å². The molecule has 2 rings (SSSR count). The molecule has 1 heterocycles. The molecular formula is C13H11ClFN3O4. The molecule has 3 N–H and O–H groups in total. The van der Waals surface area contributed by atoms with Crippen LogP contribution < -0.4 is 10.8 Å². The summed E-state index contributed by atoms with van der Waals surface area (Å²) in [5.41, 5.74) is 1.58. The van der Waals surface area contributed by atoms with Crippen LogP contribution >= 0.6 is 11.6 Å². The van der Waals surface area contributed by atoms with E-state index in [-0.39, 0.29) is 29.2 Å². The van der Waals surface area contributed by atoms with Gasteiger partial charge < -0.3 is 9.84 Å². The fraction of sp³-hybridized carbons (Fsp3) is 0.154. The third-order valence-corrected chi connectivity index (χ3v) is 3.02. The van der Waals surface area contributed by atoms with Crippen LogP contribution in [-0.2, 0) is 6.42 Å². The van der Waals surface area contributed by atoms with E-state index in [1.54, 1.807) is 0 Å². The standard InChI is InChI=1S/C13H11ClFN3O4/c14-9-5-7(1-2-10(9)15)12(19)16-4-3-8-6-11(18-22-8)13(20)17-21/h1-2,5-6,21H,3-4H2,(H,16,19)(H,17,20). The van der Waals surface area contributed by atoms with Crippen molar-refractivity contribution < 1.29 is 23.7 Å². The lowest BCUT2D eigenvalue weighted by molar-refractivity contribution is 0.0696. The second kappa shape index (κ2) is 7.01. The minimum absolute atomic E-state index is 0.0749. The van der Waals surface area contributed by atoms with Gasteiger partial charge in [0.05, 0.1) is 5.02 Å². The van der Waals surface area contributed by atoms with E-state index in [0.717, 1.165) is 6.07 Å². The summed E-state index contributed by atoms with van der Waals surface area (Å²) in [6, 6.07) is 4.99. The van der Waals surface area contributed by atoms with Gasteiger partial charge in [-0.3, -0.25) is 14.8 Å². The zero-order valence-electron chi connectivity index (χ0n) is 11.1. The molecule has 22 heavy (non-hydrogen) atoms. The van der Waals surface area contributed by atoms with Crippen LogP contribution in [0.2, 0.25) is 5.02 Å². The Morgan fingerprint density at radius 2 is 2.09 bits per heavy atom. The third kappa shape index (κ3) is 3.80. The van der Waals surface area contributed by atoms with Crippen molar-refractivity contribution >= 4 is 23.4 Å². The number of amides is 2. The Kier molecular flexibility index (Phi) is 5.08. The largest absolute Gasteiger partial charge is 0.361 e. The summed E-state index contributed by atoms with van der Waals surface area (Å²) in [5.74, 6) is -1.46. The van der Waals surface area contributed by atoms with Crippen LogP contribution in [0.15, 0.2) is 28.8 Å². The van der Waals surface area contributed by atoms with Gasteiger partial charge in [-0.1, -0.05) is 16.8 Å². The van der Waals surface area contributed by atoms with Crippen molar-refractivity contribution in [3.8, 4) is 0 Å². The fourth-order valence-corrected chi connectivity index (χ4v) is 1.81. The summed E-state index contributed by atoms with van der Waals surface area (Å²) in [6.45, 7) is 0.212. The molecule has 2 amide bonds. The van der Waals surface area contributed by atoms with E-state index in [1.807, 2.05) is 0 Å². The summed E-state index contributed by atoms with van der Waals surface area (Å²) in [4.78, 5) is 22.9. The SMILES string of the molecule is O=C(NCCc1cc(C(=O)NO)no1)c1ccc(F)c(Cl)c1. The first-order chi connectivity index (χ1) is 10.5. The van der Waals surface area contributed by atoms with Crippen LogP contribution in [0.1, 0.15) is 26.6 Å². The molecule has 0 fully saturated rings. The molecule has 0 radical (unpaired) electrons. The number of hydrogen-bond donors (Lipinski definition) is 3. The minimum Gasteiger partial charge on any atom is -0.361 e. The summed E-state index contributed by atoms with van der Waals surface area (Å²) < 4.78 is 17.9. The molecule has 0 bridgehead atoms. The first-order valence-corrected chi connectivity index (χ1v) is 6.52. The summed E-state index contributed by atoms with van der Waals surface area (Å²) in [7, 11) is 0. The first-order valence-electron chi connectivity index (χ1n) is 6.14. The van der Waals surface area contributed by atoms with Crippen molar-refractivity contribution in [2.75, 3.05) is 6.54 Å². The van der Waals surface area contributed by atoms with Crippen LogP contribution in [0.4, 0.5) is 4.39 Å². The van der Waals surface area contributed by atoms with Crippen molar-refractivity contribution in [1.82, 2.24) is 16.0 Å². The zero-order valence-corrected chi connectivity index (χ0v) is 11.9. The number of rotatable bonds is 5. The number of nitrogens with zero attached hydrogens (tertiary/aromatic N) is 1. The molecule has 0 saturated heterocycles. The van der Waals surface area contributed by atoms with E-state index in [4.69, 9.17) is 21.3 Å². The highest BCUT2D eigenvalue weighted by Gasteiger charge is 2.12. The lowest BCUT2D eigenvalue weighted by Gasteiger charge is -2.04. The van der Waals surface area contributed by atoms with E-state index < -0.39 is 17.6 Å². The summed E-state index contributed by atoms with van der Waals surface area (Å²) in [5, 5.41) is 14.3. The van der Waals surface area contributed by atoms with E-state index in [2.05, 4.69) is 10.5 Å². The van der Waals surface area contributed by atoms with Crippen molar-refractivity contribution in [3.05, 3.63) is 52.1 Å². The van der Waals surface area contributed by atoms with Gasteiger partial charge in [0, 0.05) is 24.6 Å². The number of halogens is 2. The van der Waals surface area contributed by atoms with Gasteiger partial charge in [-0.25, -0.2) is 9.87 Å². The monoisotopic (exact) mass is 327 g/mol. The lowest BCUT2D eigenvalue weighted by atomic mass is 10.2. The molecule has 0 aliphatic rings. The molecule has 1 aromatic heterocycles. The normalized spacial score (nSPS) is 10.3. The zero-order chi connectivity index (χ0) is 16.1. The number of nitrogens with one attached hydrogen (secondary N) is 2. The maximum atomic E-state index is 13.0. The smallest absolute Gasteiger partial charge is 0.296 e. The number of hydroxylamine groups is 1. The molecule has 116 valence electrons. The van der Waals surface area contributed by atoms with Gasteiger partial charge in [-0.2, -0.15) is 0 Å². The summed E-state index contributed by atoms with van der Waals surface area (Å²) >= 11 is 5.60. The number of carbonyl (C=O) groups is 2. The van der Waals surface area contributed by atoms with Crippen molar-refractivity contribution in [2.45, 2.75) is 6.42 Å². The molecule has 1 aromatic carbocycles. The Morgan fingerprint density at radius 1 is 1.32 bits per heavy atom. The molecule has 0 spiro atoms. The van der Waals surface area contributed by atoms with Gasteiger partial charge in [-0.05, 0) is 18.2 Å². The fourth-order valence-electron chi connectivity index (χ4n) is 1.63. The van der Waals surface area contributed by atoms with Crippen LogP contribution in [-0.4, -0.2) is 28.7 Å². The number of aromatic nitrogens is 1. The van der Waals surface area contributed by atoms with Crippen molar-refractivity contribution in [3.63, 3.8) is 0 Å². The molecule has 2 aromatic rings. The molecule has 0 atom stereocenters. The maximum absolute atomic E-state index is 13.0. The van der Waals surface area contributed by atoms with Crippen LogP contribution in [0, 0.1) is 5.82 Å².